The molecule has 0 heterocycles. The summed E-state index contributed by atoms with van der Waals surface area (Å²) in [6.45, 7) is 4.60. The average molecular weight is 325 g/mol. The molecular weight excluding hydrogens is 315 g/mol. The first kappa shape index (κ1) is 11.9. The molecule has 0 rings (SSSR count). The molecule has 0 aliphatic carbocycles. The molecule has 0 bridgehead atoms. The van der Waals surface area contributed by atoms with Crippen LogP contribution in [0.2, 0.25) is 7.96 Å². The smallest absolute Gasteiger partial charge is 0.0431 e. The van der Waals surface area contributed by atoms with Crippen molar-refractivity contribution in [2.24, 2.45) is 0 Å². The van der Waals surface area contributed by atoms with E-state index in [1.165, 1.54) is 7.96 Å². The Morgan fingerprint density at radius 2 is 1.56 bits per heavy atom. The second-order valence-corrected chi connectivity index (χ2v) is 8.65. The Morgan fingerprint density at radius 3 is 1.56 bits per heavy atom. The third-order valence-electron chi connectivity index (χ3n) is 0.500. The summed E-state index contributed by atoms with van der Waals surface area (Å²) in [6.07, 6.45) is -2.33. The van der Waals surface area contributed by atoms with Gasteiger partial charge >= 0.3 is 46.0 Å². The fraction of sp³-hybridized carbons (Fsp3) is 0.800. The first-order valence-corrected chi connectivity index (χ1v) is 8.23. The zero-order valence-electron chi connectivity index (χ0n) is 5.64. The van der Waals surface area contributed by atoms with E-state index in [0.29, 0.717) is 0 Å². The van der Waals surface area contributed by atoms with E-state index in [1.54, 1.807) is 0 Å². The standard InChI is InChI=1S/2C2H5.CH2O3.Pb/c2*1-2;2-1(3)4;/h2*1H2,2H3;(H2,2,3,4);/q;;;+2/p-2. The number of hydrogen-bond acceptors (Lipinski definition) is 3. The van der Waals surface area contributed by atoms with E-state index in [4.69, 9.17) is 15.0 Å². The van der Waals surface area contributed by atoms with Crippen LogP contribution >= 0.6 is 0 Å². The van der Waals surface area contributed by atoms with Crippen LogP contribution in [0.25, 0.3) is 0 Å². The predicted octanol–water partition coefficient (Wildman–Crippen LogP) is -0.880. The number of hydrogen-bond donors (Lipinski definition) is 0. The van der Waals surface area contributed by atoms with Crippen LogP contribution in [0.3, 0.4) is 0 Å². The summed E-state index contributed by atoms with van der Waals surface area (Å²) in [4.78, 5) is 8.33. The number of carboxylic acid groups (broad SMARTS) is 2. The molecule has 0 aliphatic heterocycles. The van der Waals surface area contributed by atoms with Crippen LogP contribution in [-0.2, 0) is 0 Å². The summed E-state index contributed by atoms with van der Waals surface area (Å²) in [5, 5.41) is 16.7. The van der Waals surface area contributed by atoms with Gasteiger partial charge in [0.1, 0.15) is 0 Å². The summed E-state index contributed by atoms with van der Waals surface area (Å²) in [5.74, 6) is 0. The van der Waals surface area contributed by atoms with Crippen molar-refractivity contribution >= 4 is 30.4 Å². The monoisotopic (exact) mass is 326 g/mol. The molecule has 0 unspecified atom stereocenters. The predicted molar refractivity (Wildman–Crippen MR) is 32.1 cm³/mol. The van der Waals surface area contributed by atoms with Gasteiger partial charge in [0, 0.05) is 0 Å². The Labute approximate surface area is 67.3 Å². The molecule has 0 amide bonds. The van der Waals surface area contributed by atoms with E-state index < -0.39 is 6.16 Å². The summed E-state index contributed by atoms with van der Waals surface area (Å²) in [5.41, 5.74) is 0. The Balaban J connectivity index is 0. The number of carbonyl (C=O) groups is 1. The molecule has 0 saturated heterocycles. The molecule has 0 aromatic heterocycles. The van der Waals surface area contributed by atoms with Gasteiger partial charge in [-0.1, -0.05) is 0 Å². The average Bonchev–Trinajstić information content (AvgIpc) is 1.66. The topological polar surface area (TPSA) is 63.2 Å². The summed E-state index contributed by atoms with van der Waals surface area (Å²) < 4.78 is 3.08. The molecular formula is C5H10O3Pb. The SMILES string of the molecule is C[CH2][Pb+2][CH2]C.O=C([O-])[O-]. The third kappa shape index (κ3) is 65.4. The molecule has 0 N–H and O–H groups in total. The van der Waals surface area contributed by atoms with Crippen LogP contribution in [0.15, 0.2) is 0 Å². The number of rotatable bonds is 2. The first-order chi connectivity index (χ1) is 4.15. The Hall–Kier alpha value is 0.192. The van der Waals surface area contributed by atoms with Crippen molar-refractivity contribution in [3.8, 4) is 0 Å². The molecule has 0 aromatic carbocycles. The molecule has 3 nitrogen and oxygen atoms in total. The van der Waals surface area contributed by atoms with Crippen molar-refractivity contribution in [3.63, 3.8) is 0 Å². The van der Waals surface area contributed by atoms with Crippen molar-refractivity contribution in [1.29, 1.82) is 0 Å². The molecule has 0 spiro atoms. The van der Waals surface area contributed by atoms with Crippen molar-refractivity contribution in [1.82, 2.24) is 0 Å². The van der Waals surface area contributed by atoms with Crippen LogP contribution in [0.1, 0.15) is 13.8 Å². The molecule has 0 radical (unpaired) electrons. The maximum atomic E-state index is 8.33. The minimum absolute atomic E-state index is 0.0494. The minimum Gasteiger partial charge on any atom is -0.652 e. The van der Waals surface area contributed by atoms with Gasteiger partial charge in [0.05, 0.1) is 0 Å². The van der Waals surface area contributed by atoms with Gasteiger partial charge in [0.25, 0.3) is 0 Å². The van der Waals surface area contributed by atoms with Gasteiger partial charge in [0.2, 0.25) is 0 Å². The fourth-order valence-electron chi connectivity index (χ4n) is 0.250. The van der Waals surface area contributed by atoms with Crippen molar-refractivity contribution in [3.05, 3.63) is 0 Å². The summed E-state index contributed by atoms with van der Waals surface area (Å²) in [6, 6.07) is 0. The molecule has 0 atom stereocenters. The quantitative estimate of drug-likeness (QED) is 0.620. The molecule has 9 heavy (non-hydrogen) atoms. The van der Waals surface area contributed by atoms with E-state index in [-0.39, 0.29) is 24.2 Å². The van der Waals surface area contributed by atoms with Crippen LogP contribution < -0.4 is 10.2 Å². The molecule has 4 heteroatoms. The second kappa shape index (κ2) is 11.1. The molecule has 0 aliphatic rings. The fourth-order valence-corrected chi connectivity index (χ4v) is 2.19. The van der Waals surface area contributed by atoms with Gasteiger partial charge in [-0.15, -0.1) is 0 Å². The van der Waals surface area contributed by atoms with Crippen LogP contribution in [-0.4, -0.2) is 30.4 Å². The van der Waals surface area contributed by atoms with Gasteiger partial charge in [-0.2, -0.15) is 0 Å². The normalized spacial score (nSPS) is 6.44. The van der Waals surface area contributed by atoms with E-state index in [2.05, 4.69) is 13.8 Å². The Kier molecular flexibility index (Phi) is 14.6. The Bertz CT molecular complexity index is 59.2. The van der Waals surface area contributed by atoms with Crippen molar-refractivity contribution < 1.29 is 15.0 Å². The molecule has 0 saturated carbocycles. The van der Waals surface area contributed by atoms with Crippen molar-refractivity contribution in [2.75, 3.05) is 0 Å². The first-order valence-electron chi connectivity index (χ1n) is 2.73. The van der Waals surface area contributed by atoms with E-state index in [1.807, 2.05) is 0 Å². The third-order valence-corrected chi connectivity index (χ3v) is 4.39. The molecule has 0 aromatic rings. The molecule has 52 valence electrons. The zero-order valence-corrected chi connectivity index (χ0v) is 9.53. The second-order valence-electron chi connectivity index (χ2n) is 1.21. The van der Waals surface area contributed by atoms with Crippen LogP contribution in [0.4, 0.5) is 4.79 Å². The van der Waals surface area contributed by atoms with E-state index in [0.717, 1.165) is 0 Å². The Morgan fingerprint density at radius 1 is 1.33 bits per heavy atom. The molecule has 0 fully saturated rings. The summed E-state index contributed by atoms with van der Waals surface area (Å²) >= 11 is 0.0494. The van der Waals surface area contributed by atoms with Crippen molar-refractivity contribution in [2.45, 2.75) is 21.8 Å². The van der Waals surface area contributed by atoms with E-state index >= 15 is 0 Å². The van der Waals surface area contributed by atoms with Gasteiger partial charge in [0.15, 0.2) is 0 Å². The van der Waals surface area contributed by atoms with Gasteiger partial charge in [-0.25, -0.2) is 0 Å². The maximum absolute atomic E-state index is 8.33. The van der Waals surface area contributed by atoms with Gasteiger partial charge in [-0.3, -0.25) is 0 Å². The largest absolute Gasteiger partial charge is 0.652 e. The number of carbonyl (C=O) groups excluding carboxylic acids is 1. The van der Waals surface area contributed by atoms with Gasteiger partial charge < -0.3 is 15.0 Å². The maximum Gasteiger partial charge on any atom is -0.0431 e. The minimum atomic E-state index is -2.33. The summed E-state index contributed by atoms with van der Waals surface area (Å²) in [7, 11) is 0. The van der Waals surface area contributed by atoms with Crippen LogP contribution in [0.5, 0.6) is 0 Å². The van der Waals surface area contributed by atoms with Crippen LogP contribution in [0, 0.1) is 0 Å². The zero-order chi connectivity index (χ0) is 7.70. The van der Waals surface area contributed by atoms with Gasteiger partial charge in [-0.05, 0) is 6.16 Å². The van der Waals surface area contributed by atoms with E-state index in [9.17, 15) is 0 Å².